The predicted molar refractivity (Wildman–Crippen MR) is 103 cm³/mol. The normalized spacial score (nSPS) is 20.5. The fraction of sp³-hybridized carbons (Fsp3) is 0.600. The highest BCUT2D eigenvalue weighted by molar-refractivity contribution is 5.80. The molecule has 0 atom stereocenters. The van der Waals surface area contributed by atoms with Gasteiger partial charge >= 0.3 is 5.97 Å². The Morgan fingerprint density at radius 2 is 1.92 bits per heavy atom. The van der Waals surface area contributed by atoms with E-state index in [4.69, 9.17) is 9.47 Å². The molecule has 1 aromatic rings. The fourth-order valence-corrected chi connectivity index (χ4v) is 3.13. The molecule has 1 aliphatic carbocycles. The lowest BCUT2D eigenvalue weighted by atomic mass is 9.86. The topological polar surface area (TPSA) is 72.0 Å². The van der Waals surface area contributed by atoms with Crippen LogP contribution in [0.25, 0.3) is 0 Å². The summed E-state index contributed by atoms with van der Waals surface area (Å²) in [5.74, 6) is 0.784. The Morgan fingerprint density at radius 1 is 1.19 bits per heavy atom. The fourth-order valence-electron chi connectivity index (χ4n) is 3.13. The number of ether oxygens (including phenoxy) is 2. The molecule has 0 unspecified atom stereocenters. The summed E-state index contributed by atoms with van der Waals surface area (Å²) in [7, 11) is 1.77. The second kappa shape index (κ2) is 11.5. The van der Waals surface area contributed by atoms with Crippen LogP contribution in [0.15, 0.2) is 35.3 Å². The largest absolute Gasteiger partial charge is 0.466 e. The van der Waals surface area contributed by atoms with Gasteiger partial charge in [-0.3, -0.25) is 9.79 Å². The van der Waals surface area contributed by atoms with Crippen LogP contribution in [-0.4, -0.2) is 44.8 Å². The summed E-state index contributed by atoms with van der Waals surface area (Å²) in [5, 5.41) is 6.72. The first kappa shape index (κ1) is 20.2. The molecule has 0 aliphatic heterocycles. The van der Waals surface area contributed by atoms with E-state index in [0.717, 1.165) is 31.6 Å². The number of benzene rings is 1. The molecule has 1 fully saturated rings. The number of hydrogen-bond donors (Lipinski definition) is 2. The minimum Gasteiger partial charge on any atom is -0.466 e. The molecule has 0 saturated heterocycles. The van der Waals surface area contributed by atoms with Gasteiger partial charge in [-0.1, -0.05) is 30.3 Å². The summed E-state index contributed by atoms with van der Waals surface area (Å²) in [6.45, 7) is 4.24. The number of carbonyl (C=O) groups is 1. The number of rotatable bonds is 8. The molecule has 1 saturated carbocycles. The number of aliphatic imine (C=N–C) groups is 1. The third-order valence-electron chi connectivity index (χ3n) is 4.56. The summed E-state index contributed by atoms with van der Waals surface area (Å²) in [6.07, 6.45) is 3.64. The van der Waals surface area contributed by atoms with Crippen LogP contribution in [-0.2, 0) is 20.9 Å². The van der Waals surface area contributed by atoms with Crippen LogP contribution >= 0.6 is 0 Å². The van der Waals surface area contributed by atoms with E-state index in [2.05, 4.69) is 27.8 Å². The van der Waals surface area contributed by atoms with Gasteiger partial charge in [-0.25, -0.2) is 0 Å². The molecule has 0 amide bonds. The number of esters is 1. The van der Waals surface area contributed by atoms with Gasteiger partial charge in [0.25, 0.3) is 0 Å². The highest BCUT2D eigenvalue weighted by Crippen LogP contribution is 2.25. The van der Waals surface area contributed by atoms with Gasteiger partial charge in [0, 0.05) is 19.6 Å². The van der Waals surface area contributed by atoms with Gasteiger partial charge in [-0.15, -0.1) is 0 Å². The maximum Gasteiger partial charge on any atom is 0.308 e. The maximum absolute atomic E-state index is 11.8. The predicted octanol–water partition coefficient (Wildman–Crippen LogP) is 2.49. The van der Waals surface area contributed by atoms with Crippen molar-refractivity contribution in [1.82, 2.24) is 10.6 Å². The Bertz CT molecular complexity index is 555. The molecule has 144 valence electrons. The molecule has 2 N–H and O–H groups in total. The first-order valence-electron chi connectivity index (χ1n) is 9.48. The van der Waals surface area contributed by atoms with Gasteiger partial charge in [-0.2, -0.15) is 0 Å². The second-order valence-corrected chi connectivity index (χ2v) is 6.48. The van der Waals surface area contributed by atoms with Gasteiger partial charge in [0.05, 0.1) is 25.7 Å². The zero-order chi connectivity index (χ0) is 18.6. The lowest BCUT2D eigenvalue weighted by Crippen LogP contribution is -2.46. The van der Waals surface area contributed by atoms with E-state index >= 15 is 0 Å². The van der Waals surface area contributed by atoms with E-state index in [1.165, 1.54) is 5.56 Å². The van der Waals surface area contributed by atoms with Crippen LogP contribution in [0.1, 0.15) is 38.2 Å². The van der Waals surface area contributed by atoms with E-state index in [0.29, 0.717) is 32.4 Å². The molecule has 1 aliphatic rings. The summed E-state index contributed by atoms with van der Waals surface area (Å²) >= 11 is 0. The van der Waals surface area contributed by atoms with Crippen molar-refractivity contribution in [2.75, 3.05) is 26.8 Å². The van der Waals surface area contributed by atoms with E-state index < -0.39 is 0 Å². The zero-order valence-electron chi connectivity index (χ0n) is 15.9. The summed E-state index contributed by atoms with van der Waals surface area (Å²) in [6, 6.07) is 10.5. The van der Waals surface area contributed by atoms with Gasteiger partial charge in [-0.05, 0) is 38.2 Å². The Morgan fingerprint density at radius 3 is 2.58 bits per heavy atom. The van der Waals surface area contributed by atoms with E-state index in [-0.39, 0.29) is 11.9 Å². The Hall–Kier alpha value is -2.08. The molecule has 0 spiro atoms. The maximum atomic E-state index is 11.8. The average Bonchev–Trinajstić information content (AvgIpc) is 2.68. The average molecular weight is 361 g/mol. The van der Waals surface area contributed by atoms with Crippen molar-refractivity contribution in [3.63, 3.8) is 0 Å². The van der Waals surface area contributed by atoms with Crippen LogP contribution < -0.4 is 10.6 Å². The van der Waals surface area contributed by atoms with Crippen molar-refractivity contribution in [3.05, 3.63) is 35.9 Å². The Kier molecular flexibility index (Phi) is 8.96. The Balaban J connectivity index is 1.60. The second-order valence-electron chi connectivity index (χ2n) is 6.48. The van der Waals surface area contributed by atoms with Gasteiger partial charge in [0.2, 0.25) is 0 Å². The molecule has 0 aromatic heterocycles. The lowest BCUT2D eigenvalue weighted by Gasteiger charge is -2.29. The molecule has 0 heterocycles. The van der Waals surface area contributed by atoms with Gasteiger partial charge < -0.3 is 20.1 Å². The Labute approximate surface area is 156 Å². The van der Waals surface area contributed by atoms with Crippen LogP contribution in [0.4, 0.5) is 0 Å². The smallest absolute Gasteiger partial charge is 0.308 e. The highest BCUT2D eigenvalue weighted by atomic mass is 16.5. The highest BCUT2D eigenvalue weighted by Gasteiger charge is 2.27. The van der Waals surface area contributed by atoms with E-state index in [1.807, 2.05) is 25.1 Å². The third-order valence-corrected chi connectivity index (χ3v) is 4.56. The third kappa shape index (κ3) is 7.04. The molecule has 0 radical (unpaired) electrons. The quantitative estimate of drug-likeness (QED) is 0.322. The van der Waals surface area contributed by atoms with Crippen LogP contribution in [0.2, 0.25) is 0 Å². The first-order valence-corrected chi connectivity index (χ1v) is 9.48. The molecular weight excluding hydrogens is 330 g/mol. The van der Waals surface area contributed by atoms with Gasteiger partial charge in [0.1, 0.15) is 0 Å². The zero-order valence-corrected chi connectivity index (χ0v) is 15.9. The van der Waals surface area contributed by atoms with Crippen molar-refractivity contribution in [2.45, 2.75) is 45.3 Å². The molecule has 0 bridgehead atoms. The molecule has 6 nitrogen and oxygen atoms in total. The SMILES string of the molecule is CCOC(=O)C1CCC(NC(=NC)NCCOCc2ccccc2)CC1. The molecule has 2 rings (SSSR count). The van der Waals surface area contributed by atoms with Crippen LogP contribution in [0.3, 0.4) is 0 Å². The van der Waals surface area contributed by atoms with E-state index in [1.54, 1.807) is 7.05 Å². The number of nitrogens with one attached hydrogen (secondary N) is 2. The summed E-state index contributed by atoms with van der Waals surface area (Å²) < 4.78 is 10.8. The first-order chi connectivity index (χ1) is 12.7. The van der Waals surface area contributed by atoms with Crippen molar-refractivity contribution >= 4 is 11.9 Å². The standard InChI is InChI=1S/C20H31N3O3/c1-3-26-19(24)17-9-11-18(12-10-17)23-20(21-2)22-13-14-25-15-16-7-5-4-6-8-16/h4-8,17-18H,3,9-15H2,1-2H3,(H2,21,22,23). The van der Waals surface area contributed by atoms with Crippen LogP contribution in [0, 0.1) is 5.92 Å². The van der Waals surface area contributed by atoms with Crippen LogP contribution in [0.5, 0.6) is 0 Å². The van der Waals surface area contributed by atoms with Crippen molar-refractivity contribution < 1.29 is 14.3 Å². The summed E-state index contributed by atoms with van der Waals surface area (Å²) in [5.41, 5.74) is 1.17. The number of guanidine groups is 1. The summed E-state index contributed by atoms with van der Waals surface area (Å²) in [4.78, 5) is 16.1. The number of carbonyl (C=O) groups excluding carboxylic acids is 1. The van der Waals surface area contributed by atoms with Crippen molar-refractivity contribution in [1.29, 1.82) is 0 Å². The number of nitrogens with zero attached hydrogens (tertiary/aromatic N) is 1. The van der Waals surface area contributed by atoms with E-state index in [9.17, 15) is 4.79 Å². The lowest BCUT2D eigenvalue weighted by molar-refractivity contribution is -0.149. The minimum absolute atomic E-state index is 0.0503. The molecule has 1 aromatic carbocycles. The van der Waals surface area contributed by atoms with Crippen molar-refractivity contribution in [2.24, 2.45) is 10.9 Å². The molecule has 26 heavy (non-hydrogen) atoms. The number of hydrogen-bond acceptors (Lipinski definition) is 4. The molecule has 6 heteroatoms. The minimum atomic E-state index is -0.0518. The molecular formula is C20H31N3O3. The monoisotopic (exact) mass is 361 g/mol. The van der Waals surface area contributed by atoms with Crippen molar-refractivity contribution in [3.8, 4) is 0 Å². The van der Waals surface area contributed by atoms with Gasteiger partial charge in [0.15, 0.2) is 5.96 Å².